The monoisotopic (exact) mass is 281 g/mol. The van der Waals surface area contributed by atoms with Gasteiger partial charge >= 0.3 is 0 Å². The molecule has 2 aromatic rings. The van der Waals surface area contributed by atoms with Crippen LogP contribution in [0.5, 0.6) is 0 Å². The minimum Gasteiger partial charge on any atom is -0.360 e. The molecule has 1 saturated heterocycles. The smallest absolute Gasteiger partial charge is 0.0668 e. The Bertz CT molecular complexity index is 609. The second-order valence-electron chi connectivity index (χ2n) is 5.95. The van der Waals surface area contributed by atoms with Crippen molar-refractivity contribution in [3.05, 3.63) is 59.4 Å². The van der Waals surface area contributed by atoms with Crippen LogP contribution in [0.4, 0.5) is 5.69 Å². The van der Waals surface area contributed by atoms with Crippen LogP contribution in [0.2, 0.25) is 0 Å². The van der Waals surface area contributed by atoms with Gasteiger partial charge in [-0.2, -0.15) is 0 Å². The molecule has 0 bridgehead atoms. The molecule has 3 rings (SSSR count). The molecule has 3 heteroatoms. The topological polar surface area (TPSA) is 28.2 Å². The van der Waals surface area contributed by atoms with Crippen molar-refractivity contribution in [3.63, 3.8) is 0 Å². The molecule has 1 N–H and O–H groups in total. The predicted molar refractivity (Wildman–Crippen MR) is 87.7 cm³/mol. The Labute approximate surface area is 127 Å². The van der Waals surface area contributed by atoms with E-state index in [1.54, 1.807) is 0 Å². The highest BCUT2D eigenvalue weighted by Gasteiger charge is 2.28. The number of nitrogens with zero attached hydrogens (tertiary/aromatic N) is 2. The molecule has 21 heavy (non-hydrogen) atoms. The van der Waals surface area contributed by atoms with Crippen LogP contribution in [0, 0.1) is 13.8 Å². The number of aromatic nitrogens is 1. The maximum Gasteiger partial charge on any atom is 0.0668 e. The molecule has 1 aromatic carbocycles. The molecule has 110 valence electrons. The van der Waals surface area contributed by atoms with Gasteiger partial charge in [0.15, 0.2) is 0 Å². The van der Waals surface area contributed by atoms with E-state index in [2.05, 4.69) is 71.5 Å². The SMILES string of the molecule is Cc1ccc(N2CC(C)NCC2c2ccccc2)c(C)n1. The van der Waals surface area contributed by atoms with E-state index in [1.165, 1.54) is 11.3 Å². The molecule has 0 saturated carbocycles. The van der Waals surface area contributed by atoms with Crippen LogP contribution in [-0.4, -0.2) is 24.1 Å². The minimum absolute atomic E-state index is 0.366. The van der Waals surface area contributed by atoms with Crippen molar-refractivity contribution in [1.29, 1.82) is 0 Å². The number of benzene rings is 1. The van der Waals surface area contributed by atoms with Crippen LogP contribution < -0.4 is 10.2 Å². The Kier molecular flexibility index (Phi) is 3.93. The van der Waals surface area contributed by atoms with E-state index in [0.717, 1.165) is 24.5 Å². The summed E-state index contributed by atoms with van der Waals surface area (Å²) in [7, 11) is 0. The first-order chi connectivity index (χ1) is 10.1. The molecule has 0 radical (unpaired) electrons. The van der Waals surface area contributed by atoms with Gasteiger partial charge in [0, 0.05) is 24.8 Å². The number of anilines is 1. The van der Waals surface area contributed by atoms with Crippen LogP contribution in [0.3, 0.4) is 0 Å². The lowest BCUT2D eigenvalue weighted by molar-refractivity contribution is 0.416. The molecular weight excluding hydrogens is 258 g/mol. The second kappa shape index (κ2) is 5.86. The van der Waals surface area contributed by atoms with E-state index in [4.69, 9.17) is 0 Å². The fourth-order valence-corrected chi connectivity index (χ4v) is 3.13. The summed E-state index contributed by atoms with van der Waals surface area (Å²) in [5.74, 6) is 0. The van der Waals surface area contributed by atoms with Gasteiger partial charge < -0.3 is 10.2 Å². The van der Waals surface area contributed by atoms with Crippen LogP contribution in [0.15, 0.2) is 42.5 Å². The Balaban J connectivity index is 1.98. The number of nitrogens with one attached hydrogen (secondary N) is 1. The van der Waals surface area contributed by atoms with E-state index in [9.17, 15) is 0 Å². The quantitative estimate of drug-likeness (QED) is 0.916. The first kappa shape index (κ1) is 14.1. The maximum absolute atomic E-state index is 4.64. The third kappa shape index (κ3) is 2.93. The molecule has 3 nitrogen and oxygen atoms in total. The fraction of sp³-hybridized carbons (Fsp3) is 0.389. The van der Waals surface area contributed by atoms with E-state index >= 15 is 0 Å². The Morgan fingerprint density at radius 1 is 1.10 bits per heavy atom. The molecular formula is C18H23N3. The second-order valence-corrected chi connectivity index (χ2v) is 5.95. The molecule has 2 unspecified atom stereocenters. The lowest BCUT2D eigenvalue weighted by atomic mass is 10.00. The van der Waals surface area contributed by atoms with Gasteiger partial charge in [-0.05, 0) is 38.5 Å². The molecule has 0 amide bonds. The van der Waals surface area contributed by atoms with Crippen molar-refractivity contribution in [2.24, 2.45) is 0 Å². The minimum atomic E-state index is 0.366. The Hall–Kier alpha value is -1.87. The van der Waals surface area contributed by atoms with Gasteiger partial charge in [0.1, 0.15) is 0 Å². The molecule has 1 aromatic heterocycles. The van der Waals surface area contributed by atoms with Crippen LogP contribution in [-0.2, 0) is 0 Å². The van der Waals surface area contributed by atoms with Gasteiger partial charge in [0.25, 0.3) is 0 Å². The van der Waals surface area contributed by atoms with E-state index in [1.807, 2.05) is 6.92 Å². The van der Waals surface area contributed by atoms with Gasteiger partial charge in [-0.25, -0.2) is 0 Å². The number of hydrogen-bond acceptors (Lipinski definition) is 3. The molecule has 0 spiro atoms. The lowest BCUT2D eigenvalue weighted by Gasteiger charge is -2.41. The van der Waals surface area contributed by atoms with Crippen molar-refractivity contribution in [2.45, 2.75) is 32.9 Å². The third-order valence-electron chi connectivity index (χ3n) is 4.20. The zero-order valence-corrected chi connectivity index (χ0v) is 13.0. The van der Waals surface area contributed by atoms with Gasteiger partial charge in [-0.1, -0.05) is 30.3 Å². The van der Waals surface area contributed by atoms with E-state index in [-0.39, 0.29) is 0 Å². The first-order valence-electron chi connectivity index (χ1n) is 7.64. The summed E-state index contributed by atoms with van der Waals surface area (Å²) >= 11 is 0. The predicted octanol–water partition coefficient (Wildman–Crippen LogP) is 3.24. The number of rotatable bonds is 2. The molecule has 1 aliphatic rings. The van der Waals surface area contributed by atoms with E-state index < -0.39 is 0 Å². The van der Waals surface area contributed by atoms with Crippen molar-refractivity contribution < 1.29 is 0 Å². The van der Waals surface area contributed by atoms with Crippen molar-refractivity contribution in [2.75, 3.05) is 18.0 Å². The summed E-state index contributed by atoms with van der Waals surface area (Å²) in [6.45, 7) is 8.37. The van der Waals surface area contributed by atoms with E-state index in [0.29, 0.717) is 12.1 Å². The summed E-state index contributed by atoms with van der Waals surface area (Å²) in [5.41, 5.74) is 4.81. The van der Waals surface area contributed by atoms with Crippen molar-refractivity contribution in [1.82, 2.24) is 10.3 Å². The number of aryl methyl sites for hydroxylation is 2. The first-order valence-corrected chi connectivity index (χ1v) is 7.64. The highest BCUT2D eigenvalue weighted by atomic mass is 15.2. The normalized spacial score (nSPS) is 22.3. The van der Waals surface area contributed by atoms with Gasteiger partial charge in [0.05, 0.1) is 17.4 Å². The summed E-state index contributed by atoms with van der Waals surface area (Å²) in [4.78, 5) is 7.14. The lowest BCUT2D eigenvalue weighted by Crippen LogP contribution is -2.51. The zero-order valence-electron chi connectivity index (χ0n) is 13.0. The standard InChI is InChI=1S/C18H23N3/c1-13-9-10-17(15(3)20-13)21-12-14(2)19-11-18(21)16-7-5-4-6-8-16/h4-10,14,18-19H,11-12H2,1-3H3. The van der Waals surface area contributed by atoms with Crippen LogP contribution in [0.1, 0.15) is 29.9 Å². The van der Waals surface area contributed by atoms with Gasteiger partial charge in [-0.15, -0.1) is 0 Å². The summed E-state index contributed by atoms with van der Waals surface area (Å²) < 4.78 is 0. The summed E-state index contributed by atoms with van der Waals surface area (Å²) in [5, 5.41) is 3.60. The van der Waals surface area contributed by atoms with Gasteiger partial charge in [-0.3, -0.25) is 4.98 Å². The molecule has 2 atom stereocenters. The highest BCUT2D eigenvalue weighted by molar-refractivity contribution is 5.53. The maximum atomic E-state index is 4.64. The van der Waals surface area contributed by atoms with Crippen LogP contribution in [0.25, 0.3) is 0 Å². The number of pyridine rings is 1. The zero-order chi connectivity index (χ0) is 14.8. The fourth-order valence-electron chi connectivity index (χ4n) is 3.13. The average molecular weight is 281 g/mol. The Morgan fingerprint density at radius 2 is 1.86 bits per heavy atom. The van der Waals surface area contributed by atoms with Gasteiger partial charge in [0.2, 0.25) is 0 Å². The molecule has 1 aliphatic heterocycles. The van der Waals surface area contributed by atoms with Crippen LogP contribution >= 0.6 is 0 Å². The largest absolute Gasteiger partial charge is 0.360 e. The highest BCUT2D eigenvalue weighted by Crippen LogP contribution is 2.31. The van der Waals surface area contributed by atoms with Crippen molar-refractivity contribution >= 4 is 5.69 Å². The van der Waals surface area contributed by atoms with Crippen molar-refractivity contribution in [3.8, 4) is 0 Å². The molecule has 2 heterocycles. The molecule has 0 aliphatic carbocycles. The average Bonchev–Trinajstić information content (AvgIpc) is 2.48. The Morgan fingerprint density at radius 3 is 2.57 bits per heavy atom. The summed E-state index contributed by atoms with van der Waals surface area (Å²) in [6, 6.07) is 15.9. The third-order valence-corrected chi connectivity index (χ3v) is 4.20. The number of hydrogen-bond donors (Lipinski definition) is 1. The number of piperazine rings is 1. The summed E-state index contributed by atoms with van der Waals surface area (Å²) in [6.07, 6.45) is 0. The molecule has 1 fully saturated rings.